The molecule has 6 rings (SSSR count). The number of sulfonamides is 1. The zero-order valence-electron chi connectivity index (χ0n) is 23.6. The summed E-state index contributed by atoms with van der Waals surface area (Å²) >= 11 is 13.3. The van der Waals surface area contributed by atoms with Gasteiger partial charge in [-0.15, -0.1) is 11.3 Å². The summed E-state index contributed by atoms with van der Waals surface area (Å²) in [5.74, 6) is -0.617. The SMILES string of the molecule is COC(=O)c1ccc(S(=O)(=O)N2CCC(Nc3cnnc4ccc(C(c5ccc(Cl)cc5)c5ccc(Cl)cc5)cc34)CC2)s1. The lowest BCUT2D eigenvalue weighted by Gasteiger charge is -2.32. The standard InChI is InChI=1S/C32H28Cl2N4O4S2/c1-42-32(39)29-12-13-30(43-29)44(40,41)38-16-14-25(15-17-38)36-28-19-35-37-27-11-6-22(18-26(27)28)31(20-2-7-23(33)8-3-20)21-4-9-24(34)10-5-21/h2-13,18-19,25,31H,14-17H2,1H3,(H,36,37). The number of hydrogen-bond donors (Lipinski definition) is 1. The van der Waals surface area contributed by atoms with Gasteiger partial charge in [0.15, 0.2) is 0 Å². The number of carbonyl (C=O) groups is 1. The number of nitrogens with one attached hydrogen (secondary N) is 1. The van der Waals surface area contributed by atoms with Crippen LogP contribution in [0.1, 0.15) is 45.1 Å². The number of esters is 1. The Labute approximate surface area is 269 Å². The molecule has 8 nitrogen and oxygen atoms in total. The van der Waals surface area contributed by atoms with Crippen LogP contribution in [-0.4, -0.2) is 55.1 Å². The summed E-state index contributed by atoms with van der Waals surface area (Å²) in [5, 5.41) is 14.5. The lowest BCUT2D eigenvalue weighted by atomic mass is 9.84. The maximum Gasteiger partial charge on any atom is 0.348 e. The van der Waals surface area contributed by atoms with Gasteiger partial charge in [0.05, 0.1) is 24.5 Å². The van der Waals surface area contributed by atoms with Crippen LogP contribution < -0.4 is 5.32 Å². The molecule has 0 atom stereocenters. The number of methoxy groups -OCH3 is 1. The largest absolute Gasteiger partial charge is 0.465 e. The first-order valence-electron chi connectivity index (χ1n) is 13.9. The molecule has 0 amide bonds. The average molecular weight is 668 g/mol. The van der Waals surface area contributed by atoms with E-state index < -0.39 is 16.0 Å². The number of aromatic nitrogens is 2. The van der Waals surface area contributed by atoms with Gasteiger partial charge in [-0.1, -0.05) is 53.5 Å². The molecule has 3 aromatic carbocycles. The van der Waals surface area contributed by atoms with Crippen LogP contribution in [-0.2, 0) is 14.8 Å². The number of rotatable bonds is 8. The minimum atomic E-state index is -3.71. The Balaban J connectivity index is 1.24. The zero-order valence-corrected chi connectivity index (χ0v) is 26.8. The Morgan fingerprint density at radius 1 is 0.932 bits per heavy atom. The maximum absolute atomic E-state index is 13.3. The van der Waals surface area contributed by atoms with Crippen molar-refractivity contribution >= 4 is 67.1 Å². The van der Waals surface area contributed by atoms with E-state index in [9.17, 15) is 13.2 Å². The number of halogens is 2. The third-order valence-corrected chi connectivity index (χ3v) is 11.7. The predicted molar refractivity (Wildman–Crippen MR) is 174 cm³/mol. The van der Waals surface area contributed by atoms with Gasteiger partial charge in [-0.2, -0.15) is 14.5 Å². The second-order valence-electron chi connectivity index (χ2n) is 10.5. The van der Waals surface area contributed by atoms with Gasteiger partial charge >= 0.3 is 5.97 Å². The molecule has 2 aromatic heterocycles. The number of ether oxygens (including phenoxy) is 1. The summed E-state index contributed by atoms with van der Waals surface area (Å²) in [6.45, 7) is 0.699. The van der Waals surface area contributed by atoms with Crippen molar-refractivity contribution in [3.8, 4) is 0 Å². The van der Waals surface area contributed by atoms with E-state index in [1.54, 1.807) is 6.20 Å². The van der Waals surface area contributed by atoms with E-state index in [2.05, 4.69) is 27.6 Å². The highest BCUT2D eigenvalue weighted by atomic mass is 35.5. The highest BCUT2D eigenvalue weighted by molar-refractivity contribution is 7.91. The molecule has 0 bridgehead atoms. The smallest absolute Gasteiger partial charge is 0.348 e. The fourth-order valence-electron chi connectivity index (χ4n) is 5.51. The highest BCUT2D eigenvalue weighted by Crippen LogP contribution is 2.36. The average Bonchev–Trinajstić information content (AvgIpc) is 3.55. The Hall–Kier alpha value is -3.54. The molecule has 1 aliphatic rings. The van der Waals surface area contributed by atoms with Crippen LogP contribution in [0.5, 0.6) is 0 Å². The van der Waals surface area contributed by atoms with E-state index >= 15 is 0 Å². The van der Waals surface area contributed by atoms with E-state index in [1.165, 1.54) is 23.5 Å². The Kier molecular flexibility index (Phi) is 8.89. The summed E-state index contributed by atoms with van der Waals surface area (Å²) in [6, 6.07) is 24.8. The molecule has 12 heteroatoms. The van der Waals surface area contributed by atoms with E-state index in [1.807, 2.05) is 54.6 Å². The Bertz CT molecular complexity index is 1860. The Morgan fingerprint density at radius 2 is 1.55 bits per heavy atom. The molecule has 1 fully saturated rings. The van der Waals surface area contributed by atoms with Gasteiger partial charge in [0.2, 0.25) is 0 Å². The van der Waals surface area contributed by atoms with Gasteiger partial charge in [-0.05, 0) is 78.1 Å². The van der Waals surface area contributed by atoms with Crippen molar-refractivity contribution in [1.82, 2.24) is 14.5 Å². The molecular weight excluding hydrogens is 639 g/mol. The summed E-state index contributed by atoms with van der Waals surface area (Å²) in [4.78, 5) is 12.1. The van der Waals surface area contributed by atoms with Crippen LogP contribution in [0.25, 0.3) is 10.9 Å². The summed E-state index contributed by atoms with van der Waals surface area (Å²) in [5.41, 5.74) is 4.84. The van der Waals surface area contributed by atoms with Gasteiger partial charge in [-0.25, -0.2) is 13.2 Å². The van der Waals surface area contributed by atoms with E-state index in [-0.39, 0.29) is 21.0 Å². The maximum atomic E-state index is 13.3. The van der Waals surface area contributed by atoms with Crippen LogP contribution in [0.15, 0.2) is 89.3 Å². The number of hydrogen-bond acceptors (Lipinski definition) is 8. The van der Waals surface area contributed by atoms with Crippen LogP contribution in [0.3, 0.4) is 0 Å². The molecule has 0 spiro atoms. The van der Waals surface area contributed by atoms with Crippen LogP contribution in [0.4, 0.5) is 5.69 Å². The fraction of sp³-hybridized carbons (Fsp3) is 0.219. The Morgan fingerprint density at radius 3 is 2.16 bits per heavy atom. The van der Waals surface area contributed by atoms with E-state index in [0.717, 1.165) is 44.6 Å². The number of thiophene rings is 1. The summed E-state index contributed by atoms with van der Waals surface area (Å²) < 4.78 is 32.8. The van der Waals surface area contributed by atoms with Crippen LogP contribution >= 0.6 is 34.5 Å². The normalized spacial score (nSPS) is 14.6. The van der Waals surface area contributed by atoms with Gasteiger partial charge < -0.3 is 10.1 Å². The molecule has 5 aromatic rings. The molecule has 44 heavy (non-hydrogen) atoms. The minimum absolute atomic E-state index is 0.0369. The van der Waals surface area contributed by atoms with Crippen LogP contribution in [0.2, 0.25) is 10.0 Å². The number of anilines is 1. The van der Waals surface area contributed by atoms with Crippen LogP contribution in [0, 0.1) is 0 Å². The lowest BCUT2D eigenvalue weighted by Crippen LogP contribution is -2.42. The third kappa shape index (κ3) is 6.31. The van der Waals surface area contributed by atoms with E-state index in [4.69, 9.17) is 27.9 Å². The van der Waals surface area contributed by atoms with Gasteiger partial charge in [0.25, 0.3) is 10.0 Å². The van der Waals surface area contributed by atoms with Crippen molar-refractivity contribution in [3.63, 3.8) is 0 Å². The van der Waals surface area contributed by atoms with Crippen molar-refractivity contribution in [1.29, 1.82) is 0 Å². The van der Waals surface area contributed by atoms with Gasteiger partial charge in [0, 0.05) is 40.5 Å². The third-order valence-electron chi connectivity index (χ3n) is 7.78. The van der Waals surface area contributed by atoms with Gasteiger partial charge in [-0.3, -0.25) is 0 Å². The fourth-order valence-corrected chi connectivity index (χ4v) is 8.61. The number of carbonyl (C=O) groups excluding carboxylic acids is 1. The number of nitrogens with zero attached hydrogens (tertiary/aromatic N) is 3. The minimum Gasteiger partial charge on any atom is -0.465 e. The van der Waals surface area contributed by atoms with Crippen molar-refractivity contribution < 1.29 is 17.9 Å². The second-order valence-corrected chi connectivity index (χ2v) is 14.6. The summed E-state index contributed by atoms with van der Waals surface area (Å²) in [6.07, 6.45) is 2.93. The zero-order chi connectivity index (χ0) is 30.8. The molecule has 0 unspecified atom stereocenters. The first-order valence-corrected chi connectivity index (χ1v) is 17.0. The highest BCUT2D eigenvalue weighted by Gasteiger charge is 2.31. The van der Waals surface area contributed by atoms with Crippen molar-refractivity contribution in [2.75, 3.05) is 25.5 Å². The van der Waals surface area contributed by atoms with Crippen molar-refractivity contribution in [3.05, 3.63) is 117 Å². The molecule has 226 valence electrons. The number of piperidine rings is 1. The van der Waals surface area contributed by atoms with Crippen molar-refractivity contribution in [2.45, 2.75) is 29.0 Å². The lowest BCUT2D eigenvalue weighted by molar-refractivity contribution is 0.0606. The van der Waals surface area contributed by atoms with Gasteiger partial charge in [0.1, 0.15) is 9.09 Å². The molecule has 1 saturated heterocycles. The predicted octanol–water partition coefficient (Wildman–Crippen LogP) is 7.23. The second kappa shape index (κ2) is 12.8. The quantitative estimate of drug-likeness (QED) is 0.138. The molecule has 1 aliphatic heterocycles. The molecule has 0 aliphatic carbocycles. The topological polar surface area (TPSA) is 101 Å². The molecule has 0 radical (unpaired) electrons. The first kappa shape index (κ1) is 30.5. The number of fused-ring (bicyclic) bond motifs is 1. The number of benzene rings is 3. The monoisotopic (exact) mass is 666 g/mol. The molecule has 3 heterocycles. The van der Waals surface area contributed by atoms with E-state index in [0.29, 0.717) is 36.0 Å². The molecule has 0 saturated carbocycles. The molecule has 1 N–H and O–H groups in total. The van der Waals surface area contributed by atoms with Crippen molar-refractivity contribution in [2.24, 2.45) is 0 Å². The molecular formula is C32H28Cl2N4O4S2. The first-order chi connectivity index (χ1) is 21.2. The summed E-state index contributed by atoms with van der Waals surface area (Å²) in [7, 11) is -2.44.